The highest BCUT2D eigenvalue weighted by Crippen LogP contribution is 2.22. The number of thiophene rings is 1. The lowest BCUT2D eigenvalue weighted by Gasteiger charge is -2.09. The van der Waals surface area contributed by atoms with Crippen molar-refractivity contribution in [1.82, 2.24) is 10.2 Å². The van der Waals surface area contributed by atoms with E-state index in [1.807, 2.05) is 25.2 Å². The van der Waals surface area contributed by atoms with Gasteiger partial charge in [-0.2, -0.15) is 0 Å². The van der Waals surface area contributed by atoms with Gasteiger partial charge < -0.3 is 5.32 Å². The van der Waals surface area contributed by atoms with E-state index in [1.54, 1.807) is 0 Å². The molecule has 1 N–H and O–H groups in total. The van der Waals surface area contributed by atoms with Crippen LogP contribution in [0.4, 0.5) is 5.82 Å². The van der Waals surface area contributed by atoms with Crippen LogP contribution in [-0.2, 0) is 13.0 Å². The average molecular weight is 282 g/mol. The first kappa shape index (κ1) is 13.3. The van der Waals surface area contributed by atoms with Crippen LogP contribution in [0.25, 0.3) is 0 Å². The Kier molecular flexibility index (Phi) is 4.19. The first-order valence-electron chi connectivity index (χ1n) is 5.92. The third-order valence-corrected chi connectivity index (χ3v) is 4.55. The van der Waals surface area contributed by atoms with E-state index in [9.17, 15) is 0 Å². The molecule has 3 nitrogen and oxygen atoms in total. The number of nitrogens with one attached hydrogen (secondary N) is 1. The number of aryl methyl sites for hydroxylation is 1. The largest absolute Gasteiger partial charge is 0.363 e. The number of rotatable bonds is 4. The van der Waals surface area contributed by atoms with Crippen LogP contribution in [-0.4, -0.2) is 10.2 Å². The van der Waals surface area contributed by atoms with Crippen molar-refractivity contribution in [2.24, 2.45) is 0 Å². The first-order valence-corrected chi connectivity index (χ1v) is 7.12. The molecule has 0 radical (unpaired) electrons. The van der Waals surface area contributed by atoms with Crippen molar-refractivity contribution >= 4 is 28.8 Å². The van der Waals surface area contributed by atoms with Gasteiger partial charge in [-0.15, -0.1) is 21.5 Å². The first-order chi connectivity index (χ1) is 8.61. The molecule has 2 heterocycles. The standard InChI is InChI=1S/C13H16ClN3S/c1-4-10-5-6-11(18-10)7-15-13-9(3)8(2)12(14)16-17-13/h5-6H,4,7H2,1-3H3,(H,15,17). The van der Waals surface area contributed by atoms with Crippen molar-refractivity contribution < 1.29 is 0 Å². The highest BCUT2D eigenvalue weighted by Gasteiger charge is 2.08. The Morgan fingerprint density at radius 1 is 1.17 bits per heavy atom. The summed E-state index contributed by atoms with van der Waals surface area (Å²) < 4.78 is 0. The molecule has 0 aliphatic heterocycles. The van der Waals surface area contributed by atoms with Crippen molar-refractivity contribution in [3.05, 3.63) is 38.2 Å². The predicted octanol–water partition coefficient (Wildman–Crippen LogP) is 3.98. The molecule has 0 aliphatic carbocycles. The van der Waals surface area contributed by atoms with Gasteiger partial charge in [0.2, 0.25) is 0 Å². The summed E-state index contributed by atoms with van der Waals surface area (Å²) in [6.45, 7) is 6.91. The van der Waals surface area contributed by atoms with E-state index in [-0.39, 0.29) is 0 Å². The molecule has 0 aromatic carbocycles. The van der Waals surface area contributed by atoms with Crippen molar-refractivity contribution in [2.75, 3.05) is 5.32 Å². The maximum Gasteiger partial charge on any atom is 0.155 e. The molecule has 2 aromatic rings. The summed E-state index contributed by atoms with van der Waals surface area (Å²) in [4.78, 5) is 2.71. The van der Waals surface area contributed by atoms with Gasteiger partial charge in [0.05, 0.1) is 6.54 Å². The summed E-state index contributed by atoms with van der Waals surface area (Å²) in [5, 5.41) is 11.8. The Hall–Kier alpha value is -1.13. The van der Waals surface area contributed by atoms with Crippen LogP contribution in [0.2, 0.25) is 5.15 Å². The fourth-order valence-electron chi connectivity index (χ4n) is 1.62. The minimum Gasteiger partial charge on any atom is -0.363 e. The van der Waals surface area contributed by atoms with Gasteiger partial charge in [0, 0.05) is 9.75 Å². The van der Waals surface area contributed by atoms with Crippen LogP contribution in [0.15, 0.2) is 12.1 Å². The molecule has 0 atom stereocenters. The lowest BCUT2D eigenvalue weighted by molar-refractivity contribution is 0.976. The van der Waals surface area contributed by atoms with Crippen LogP contribution in [0.3, 0.4) is 0 Å². The van der Waals surface area contributed by atoms with Gasteiger partial charge in [-0.05, 0) is 43.5 Å². The van der Waals surface area contributed by atoms with Crippen molar-refractivity contribution in [3.63, 3.8) is 0 Å². The van der Waals surface area contributed by atoms with Gasteiger partial charge in [-0.1, -0.05) is 18.5 Å². The van der Waals surface area contributed by atoms with Crippen molar-refractivity contribution in [2.45, 2.75) is 33.7 Å². The number of hydrogen-bond donors (Lipinski definition) is 1. The summed E-state index contributed by atoms with van der Waals surface area (Å²) >= 11 is 7.75. The quantitative estimate of drug-likeness (QED) is 0.921. The van der Waals surface area contributed by atoms with Gasteiger partial charge in [0.25, 0.3) is 0 Å². The lowest BCUT2D eigenvalue weighted by Crippen LogP contribution is -2.05. The Morgan fingerprint density at radius 2 is 1.89 bits per heavy atom. The Labute approximate surface area is 116 Å². The third kappa shape index (κ3) is 2.82. The predicted molar refractivity (Wildman–Crippen MR) is 77.5 cm³/mol. The molecule has 5 heteroatoms. The molecule has 0 bridgehead atoms. The zero-order valence-electron chi connectivity index (χ0n) is 10.7. The second-order valence-electron chi connectivity index (χ2n) is 4.16. The van der Waals surface area contributed by atoms with Gasteiger partial charge in [-0.25, -0.2) is 0 Å². The van der Waals surface area contributed by atoms with Crippen LogP contribution >= 0.6 is 22.9 Å². The molecule has 0 spiro atoms. The van der Waals surface area contributed by atoms with Crippen LogP contribution < -0.4 is 5.32 Å². The van der Waals surface area contributed by atoms with E-state index in [4.69, 9.17) is 11.6 Å². The second kappa shape index (κ2) is 5.67. The number of halogens is 1. The highest BCUT2D eigenvalue weighted by atomic mass is 35.5. The van der Waals surface area contributed by atoms with E-state index in [0.29, 0.717) is 5.15 Å². The van der Waals surface area contributed by atoms with Crippen molar-refractivity contribution in [1.29, 1.82) is 0 Å². The smallest absolute Gasteiger partial charge is 0.155 e. The SMILES string of the molecule is CCc1ccc(CNc2nnc(Cl)c(C)c2C)s1. The number of anilines is 1. The zero-order valence-corrected chi connectivity index (χ0v) is 12.3. The molecule has 0 saturated carbocycles. The summed E-state index contributed by atoms with van der Waals surface area (Å²) in [7, 11) is 0. The number of nitrogens with zero attached hydrogens (tertiary/aromatic N) is 2. The maximum absolute atomic E-state index is 5.93. The Morgan fingerprint density at radius 3 is 2.56 bits per heavy atom. The minimum absolute atomic E-state index is 0.474. The Bertz CT molecular complexity index is 551. The maximum atomic E-state index is 5.93. The van der Waals surface area contributed by atoms with Gasteiger partial charge >= 0.3 is 0 Å². The van der Waals surface area contributed by atoms with Crippen LogP contribution in [0, 0.1) is 13.8 Å². The van der Waals surface area contributed by atoms with E-state index >= 15 is 0 Å². The highest BCUT2D eigenvalue weighted by molar-refractivity contribution is 7.12. The molecule has 0 fully saturated rings. The van der Waals surface area contributed by atoms with Crippen LogP contribution in [0.1, 0.15) is 27.8 Å². The molecule has 0 unspecified atom stereocenters. The van der Waals surface area contributed by atoms with E-state index in [1.165, 1.54) is 9.75 Å². The zero-order chi connectivity index (χ0) is 13.1. The summed E-state index contributed by atoms with van der Waals surface area (Å²) in [5.74, 6) is 0.809. The molecule has 96 valence electrons. The molecular weight excluding hydrogens is 266 g/mol. The topological polar surface area (TPSA) is 37.8 Å². The Balaban J connectivity index is 2.08. The van der Waals surface area contributed by atoms with E-state index in [2.05, 4.69) is 34.6 Å². The molecule has 2 aromatic heterocycles. The normalized spacial score (nSPS) is 10.7. The average Bonchev–Trinajstić information content (AvgIpc) is 2.83. The number of hydrogen-bond acceptors (Lipinski definition) is 4. The molecule has 0 amide bonds. The van der Waals surface area contributed by atoms with Gasteiger partial charge in [0.1, 0.15) is 0 Å². The third-order valence-electron chi connectivity index (χ3n) is 2.96. The summed E-state index contributed by atoms with van der Waals surface area (Å²) in [6.07, 6.45) is 1.09. The van der Waals surface area contributed by atoms with Gasteiger partial charge in [0.15, 0.2) is 11.0 Å². The lowest BCUT2D eigenvalue weighted by atomic mass is 10.2. The van der Waals surface area contributed by atoms with E-state index in [0.717, 1.165) is 29.9 Å². The molecular formula is C13H16ClN3S. The fraction of sp³-hybridized carbons (Fsp3) is 0.385. The summed E-state index contributed by atoms with van der Waals surface area (Å²) in [5.41, 5.74) is 2.04. The molecule has 0 aliphatic rings. The second-order valence-corrected chi connectivity index (χ2v) is 5.78. The fourth-order valence-corrected chi connectivity index (χ4v) is 2.70. The number of aromatic nitrogens is 2. The molecule has 0 saturated heterocycles. The molecule has 2 rings (SSSR count). The minimum atomic E-state index is 0.474. The van der Waals surface area contributed by atoms with Gasteiger partial charge in [-0.3, -0.25) is 0 Å². The van der Waals surface area contributed by atoms with Crippen molar-refractivity contribution in [3.8, 4) is 0 Å². The van der Waals surface area contributed by atoms with Crippen LogP contribution in [0.5, 0.6) is 0 Å². The monoisotopic (exact) mass is 281 g/mol. The summed E-state index contributed by atoms with van der Waals surface area (Å²) in [6, 6.07) is 4.33. The molecule has 18 heavy (non-hydrogen) atoms. The van der Waals surface area contributed by atoms with E-state index < -0.39 is 0 Å².